The number of hydrogen-bond donors (Lipinski definition) is 4. The molecule has 1 amide bonds. The fourth-order valence-corrected chi connectivity index (χ4v) is 2.44. The molecule has 6 nitrogen and oxygen atoms in total. The van der Waals surface area contributed by atoms with Crippen molar-refractivity contribution < 1.29 is 9.59 Å². The van der Waals surface area contributed by atoms with Crippen LogP contribution in [0.2, 0.25) is 0 Å². The maximum absolute atomic E-state index is 11.9. The van der Waals surface area contributed by atoms with Gasteiger partial charge in [-0.1, -0.05) is 19.8 Å². The molecule has 0 heterocycles. The van der Waals surface area contributed by atoms with E-state index in [1.165, 1.54) is 0 Å². The first-order valence-electron chi connectivity index (χ1n) is 8.38. The molecule has 1 rings (SSSR count). The quantitative estimate of drug-likeness (QED) is 0.282. The van der Waals surface area contributed by atoms with Gasteiger partial charge in [0.05, 0.1) is 0 Å². The first kappa shape index (κ1) is 19.8. The highest BCUT2D eigenvalue weighted by atomic mass is 16.2. The smallest absolute Gasteiger partial charge is 0.224 e. The summed E-state index contributed by atoms with van der Waals surface area (Å²) >= 11 is 0. The van der Waals surface area contributed by atoms with Crippen LogP contribution in [0.5, 0.6) is 0 Å². The van der Waals surface area contributed by atoms with Crippen molar-refractivity contribution in [2.24, 2.45) is 17.4 Å². The van der Waals surface area contributed by atoms with Gasteiger partial charge in [-0.25, -0.2) is 0 Å². The summed E-state index contributed by atoms with van der Waals surface area (Å²) in [5.74, 6) is 0.261. The van der Waals surface area contributed by atoms with E-state index in [2.05, 4.69) is 12.2 Å². The number of rotatable bonds is 11. The second-order valence-electron chi connectivity index (χ2n) is 6.17. The largest absolute Gasteiger partial charge is 0.384 e. The van der Waals surface area contributed by atoms with E-state index in [1.54, 1.807) is 24.3 Å². The number of benzene rings is 1. The van der Waals surface area contributed by atoms with Gasteiger partial charge in [-0.3, -0.25) is 15.0 Å². The van der Waals surface area contributed by atoms with Crippen LogP contribution < -0.4 is 16.8 Å². The van der Waals surface area contributed by atoms with Crippen molar-refractivity contribution in [3.05, 3.63) is 29.8 Å². The first-order valence-corrected chi connectivity index (χ1v) is 8.38. The number of nitrogens with one attached hydrogen (secondary N) is 2. The maximum Gasteiger partial charge on any atom is 0.224 e. The van der Waals surface area contributed by atoms with E-state index in [9.17, 15) is 9.59 Å². The van der Waals surface area contributed by atoms with E-state index in [0.717, 1.165) is 19.3 Å². The Morgan fingerprint density at radius 3 is 2.42 bits per heavy atom. The maximum atomic E-state index is 11.9. The molecule has 0 aliphatic rings. The lowest BCUT2D eigenvalue weighted by atomic mass is 9.96. The molecule has 0 aliphatic carbocycles. The van der Waals surface area contributed by atoms with Crippen molar-refractivity contribution in [3.63, 3.8) is 0 Å². The van der Waals surface area contributed by atoms with Crippen LogP contribution in [0.3, 0.4) is 0 Å². The topological polar surface area (TPSA) is 122 Å². The van der Waals surface area contributed by atoms with E-state index < -0.39 is 0 Å². The highest BCUT2D eigenvalue weighted by Crippen LogP contribution is 2.14. The van der Waals surface area contributed by atoms with Gasteiger partial charge in [-0.15, -0.1) is 0 Å². The summed E-state index contributed by atoms with van der Waals surface area (Å²) in [4.78, 5) is 23.8. The Morgan fingerprint density at radius 2 is 1.83 bits per heavy atom. The number of ketones is 1. The summed E-state index contributed by atoms with van der Waals surface area (Å²) in [5, 5.41) is 10.1. The van der Waals surface area contributed by atoms with Crippen LogP contribution in [-0.2, 0) is 9.59 Å². The zero-order valence-electron chi connectivity index (χ0n) is 14.3. The number of unbranched alkanes of at least 4 members (excludes halogenated alkanes) is 1. The molecule has 24 heavy (non-hydrogen) atoms. The number of amides is 1. The number of nitrogens with two attached hydrogens (primary N) is 2. The Bertz CT molecular complexity index is 555. The molecule has 1 atom stereocenters. The van der Waals surface area contributed by atoms with Crippen molar-refractivity contribution in [3.8, 4) is 0 Å². The molecular formula is C18H28N4O2. The number of carbonyl (C=O) groups is 2. The van der Waals surface area contributed by atoms with Gasteiger partial charge in [0.25, 0.3) is 0 Å². The lowest BCUT2D eigenvalue weighted by Crippen LogP contribution is -2.15. The molecule has 0 saturated carbocycles. The molecule has 1 aromatic carbocycles. The SMILES string of the molecule is CC(CCCCN)CC(=O)CCC(=O)Nc1ccc(C(=N)N)cc1. The van der Waals surface area contributed by atoms with Gasteiger partial charge in [-0.2, -0.15) is 0 Å². The molecule has 1 unspecified atom stereocenters. The highest BCUT2D eigenvalue weighted by Gasteiger charge is 2.11. The normalized spacial score (nSPS) is 11.8. The zero-order chi connectivity index (χ0) is 17.9. The third-order valence-corrected chi connectivity index (χ3v) is 3.84. The highest BCUT2D eigenvalue weighted by molar-refractivity contribution is 5.96. The van der Waals surface area contributed by atoms with E-state index in [0.29, 0.717) is 30.1 Å². The van der Waals surface area contributed by atoms with Crippen LogP contribution in [0, 0.1) is 11.3 Å². The third-order valence-electron chi connectivity index (χ3n) is 3.84. The van der Waals surface area contributed by atoms with E-state index in [-0.39, 0.29) is 30.4 Å². The minimum atomic E-state index is -0.185. The monoisotopic (exact) mass is 332 g/mol. The number of carbonyl (C=O) groups excluding carboxylic acids is 2. The van der Waals surface area contributed by atoms with Gasteiger partial charge < -0.3 is 16.8 Å². The fourth-order valence-electron chi connectivity index (χ4n) is 2.44. The summed E-state index contributed by atoms with van der Waals surface area (Å²) in [5.41, 5.74) is 12.1. The van der Waals surface area contributed by atoms with Gasteiger partial charge in [0.15, 0.2) is 0 Å². The second kappa shape index (κ2) is 10.5. The van der Waals surface area contributed by atoms with Crippen molar-refractivity contribution in [1.29, 1.82) is 5.41 Å². The van der Waals surface area contributed by atoms with Crippen LogP contribution in [0.4, 0.5) is 5.69 Å². The zero-order valence-corrected chi connectivity index (χ0v) is 14.3. The molecule has 1 aromatic rings. The number of anilines is 1. The van der Waals surface area contributed by atoms with Gasteiger partial charge in [0.1, 0.15) is 11.6 Å². The van der Waals surface area contributed by atoms with Crippen molar-refractivity contribution in [2.45, 2.75) is 45.4 Å². The average Bonchev–Trinajstić information content (AvgIpc) is 2.53. The van der Waals surface area contributed by atoms with Crippen molar-refractivity contribution in [2.75, 3.05) is 11.9 Å². The summed E-state index contributed by atoms with van der Waals surface area (Å²) in [6.07, 6.45) is 4.00. The summed E-state index contributed by atoms with van der Waals surface area (Å²) in [7, 11) is 0. The predicted molar refractivity (Wildman–Crippen MR) is 97.0 cm³/mol. The third kappa shape index (κ3) is 7.87. The number of hydrogen-bond acceptors (Lipinski definition) is 4. The Morgan fingerprint density at radius 1 is 1.17 bits per heavy atom. The van der Waals surface area contributed by atoms with Crippen LogP contribution in [-0.4, -0.2) is 24.1 Å². The summed E-state index contributed by atoms with van der Waals surface area (Å²) in [6.45, 7) is 2.75. The summed E-state index contributed by atoms with van der Waals surface area (Å²) < 4.78 is 0. The molecule has 0 aromatic heterocycles. The van der Waals surface area contributed by atoms with E-state index in [4.69, 9.17) is 16.9 Å². The number of Topliss-reactive ketones (excluding diaryl/α,β-unsaturated/α-hetero) is 1. The standard InChI is InChI=1S/C18H28N4O2/c1-13(4-2-3-11-19)12-16(23)9-10-17(24)22-15-7-5-14(6-8-15)18(20)21/h5-8,13H,2-4,9-12,19H2,1H3,(H3,20,21)(H,22,24). The van der Waals surface area contributed by atoms with Crippen LogP contribution >= 0.6 is 0 Å². The Labute approximate surface area is 143 Å². The predicted octanol–water partition coefficient (Wildman–Crippen LogP) is 2.41. The molecule has 0 fully saturated rings. The minimum absolute atomic E-state index is 0.0148. The molecular weight excluding hydrogens is 304 g/mol. The van der Waals surface area contributed by atoms with E-state index >= 15 is 0 Å². The van der Waals surface area contributed by atoms with Crippen LogP contribution in [0.25, 0.3) is 0 Å². The lowest BCUT2D eigenvalue weighted by molar-refractivity contribution is -0.123. The van der Waals surface area contributed by atoms with Crippen LogP contribution in [0.15, 0.2) is 24.3 Å². The lowest BCUT2D eigenvalue weighted by Gasteiger charge is -2.10. The Hall–Kier alpha value is -2.21. The molecule has 0 radical (unpaired) electrons. The van der Waals surface area contributed by atoms with Crippen molar-refractivity contribution >= 4 is 23.2 Å². The molecule has 0 bridgehead atoms. The number of amidine groups is 1. The Balaban J connectivity index is 2.29. The molecule has 0 aliphatic heterocycles. The second-order valence-corrected chi connectivity index (χ2v) is 6.17. The van der Waals surface area contributed by atoms with Gasteiger partial charge in [-0.05, 0) is 43.1 Å². The molecule has 6 N–H and O–H groups in total. The van der Waals surface area contributed by atoms with E-state index in [1.807, 2.05) is 0 Å². The Kier molecular flexibility index (Phi) is 8.71. The first-order chi connectivity index (χ1) is 11.4. The van der Waals surface area contributed by atoms with Gasteiger partial charge in [0, 0.05) is 30.5 Å². The molecule has 0 saturated heterocycles. The molecule has 0 spiro atoms. The van der Waals surface area contributed by atoms with Gasteiger partial charge in [0.2, 0.25) is 5.91 Å². The van der Waals surface area contributed by atoms with Gasteiger partial charge >= 0.3 is 0 Å². The minimum Gasteiger partial charge on any atom is -0.384 e. The van der Waals surface area contributed by atoms with Crippen LogP contribution in [0.1, 0.15) is 51.0 Å². The summed E-state index contributed by atoms with van der Waals surface area (Å²) in [6, 6.07) is 6.73. The average molecular weight is 332 g/mol. The molecule has 6 heteroatoms. The molecule has 132 valence electrons. The number of nitrogen functional groups attached to an aromatic ring is 1. The van der Waals surface area contributed by atoms with Crippen molar-refractivity contribution in [1.82, 2.24) is 0 Å². The fraction of sp³-hybridized carbons (Fsp3) is 0.500.